The molecule has 0 atom stereocenters. The Bertz CT molecular complexity index is 927. The maximum atomic E-state index is 12.4. The minimum Gasteiger partial charge on any atom is -0.493 e. The zero-order chi connectivity index (χ0) is 16.6. The van der Waals surface area contributed by atoms with E-state index in [9.17, 15) is 4.79 Å². The Morgan fingerprint density at radius 1 is 1.26 bits per heavy atom. The van der Waals surface area contributed by atoms with Crippen LogP contribution < -0.4 is 15.0 Å². The van der Waals surface area contributed by atoms with Gasteiger partial charge >= 0.3 is 0 Å². The van der Waals surface area contributed by atoms with Gasteiger partial charge in [-0.3, -0.25) is 4.79 Å². The van der Waals surface area contributed by atoms with Crippen molar-refractivity contribution in [1.82, 2.24) is 9.97 Å². The van der Waals surface area contributed by atoms with Gasteiger partial charge in [0.2, 0.25) is 0 Å². The highest BCUT2D eigenvalue weighted by atomic mass is 32.1. The second kappa shape index (κ2) is 6.04. The zero-order valence-corrected chi connectivity index (χ0v) is 14.3. The summed E-state index contributed by atoms with van der Waals surface area (Å²) >= 11 is 1.54. The van der Waals surface area contributed by atoms with Crippen molar-refractivity contribution in [3.63, 3.8) is 0 Å². The number of nitrogens with zero attached hydrogens (tertiary/aromatic N) is 1. The maximum absolute atomic E-state index is 12.4. The zero-order valence-electron chi connectivity index (χ0n) is 13.5. The second-order valence-corrected chi connectivity index (χ2v) is 6.38. The van der Waals surface area contributed by atoms with E-state index in [0.717, 1.165) is 20.8 Å². The second-order valence-electron chi connectivity index (χ2n) is 5.18. The van der Waals surface area contributed by atoms with Crippen molar-refractivity contribution < 1.29 is 9.47 Å². The highest BCUT2D eigenvalue weighted by Gasteiger charge is 2.14. The summed E-state index contributed by atoms with van der Waals surface area (Å²) in [7, 11) is 1.59. The summed E-state index contributed by atoms with van der Waals surface area (Å²) in [6, 6.07) is 5.51. The molecule has 0 spiro atoms. The number of ether oxygens (including phenoxy) is 2. The van der Waals surface area contributed by atoms with Crippen molar-refractivity contribution in [2.24, 2.45) is 0 Å². The first-order valence-corrected chi connectivity index (χ1v) is 8.18. The highest BCUT2D eigenvalue weighted by molar-refractivity contribution is 7.18. The van der Waals surface area contributed by atoms with E-state index >= 15 is 0 Å². The molecule has 0 aliphatic rings. The van der Waals surface area contributed by atoms with Gasteiger partial charge in [-0.05, 0) is 44.5 Å². The van der Waals surface area contributed by atoms with Crippen LogP contribution in [0.25, 0.3) is 21.6 Å². The van der Waals surface area contributed by atoms with Crippen molar-refractivity contribution in [3.8, 4) is 22.9 Å². The largest absolute Gasteiger partial charge is 0.493 e. The van der Waals surface area contributed by atoms with Gasteiger partial charge in [-0.25, -0.2) is 4.98 Å². The van der Waals surface area contributed by atoms with Crippen LogP contribution in [0, 0.1) is 13.8 Å². The highest BCUT2D eigenvalue weighted by Crippen LogP contribution is 2.32. The molecular weight excluding hydrogens is 312 g/mol. The van der Waals surface area contributed by atoms with Gasteiger partial charge < -0.3 is 14.5 Å². The van der Waals surface area contributed by atoms with E-state index in [2.05, 4.69) is 9.97 Å². The number of aryl methyl sites for hydroxylation is 2. The molecule has 0 fully saturated rings. The summed E-state index contributed by atoms with van der Waals surface area (Å²) in [6.07, 6.45) is 0. The Morgan fingerprint density at radius 2 is 2.04 bits per heavy atom. The summed E-state index contributed by atoms with van der Waals surface area (Å²) in [4.78, 5) is 21.7. The van der Waals surface area contributed by atoms with Crippen LogP contribution in [0.4, 0.5) is 0 Å². The van der Waals surface area contributed by atoms with Crippen molar-refractivity contribution in [2.45, 2.75) is 20.8 Å². The number of fused-ring (bicyclic) bond motifs is 1. The standard InChI is InChI=1S/C17H18N2O3S/c1-5-22-12-7-6-11(8-13(12)21-4)15-18-16(20)14-9(2)10(3)23-17(14)19-15/h6-8H,5H2,1-4H3,(H,18,19,20). The molecule has 23 heavy (non-hydrogen) atoms. The average Bonchev–Trinajstić information content (AvgIpc) is 2.83. The SMILES string of the molecule is CCOc1ccc(-c2nc3sc(C)c(C)c3c(=O)[nH]2)cc1OC. The van der Waals surface area contributed by atoms with Crippen LogP contribution in [-0.4, -0.2) is 23.7 Å². The first-order chi connectivity index (χ1) is 11.0. The monoisotopic (exact) mass is 330 g/mol. The Kier molecular flexibility index (Phi) is 4.09. The number of methoxy groups -OCH3 is 1. The molecule has 5 nitrogen and oxygen atoms in total. The molecule has 1 N–H and O–H groups in total. The number of aromatic amines is 1. The van der Waals surface area contributed by atoms with Crippen LogP contribution in [0.15, 0.2) is 23.0 Å². The van der Waals surface area contributed by atoms with Gasteiger partial charge in [0, 0.05) is 10.4 Å². The fourth-order valence-corrected chi connectivity index (χ4v) is 3.51. The quantitative estimate of drug-likeness (QED) is 0.792. The molecule has 0 radical (unpaired) electrons. The molecule has 6 heteroatoms. The number of benzene rings is 1. The average molecular weight is 330 g/mol. The molecule has 0 aliphatic carbocycles. The number of thiophene rings is 1. The summed E-state index contributed by atoms with van der Waals surface area (Å²) in [6.45, 7) is 6.43. The number of H-pyrrole nitrogens is 1. The van der Waals surface area contributed by atoms with Crippen LogP contribution in [0.1, 0.15) is 17.4 Å². The summed E-state index contributed by atoms with van der Waals surface area (Å²) in [5.41, 5.74) is 1.67. The van der Waals surface area contributed by atoms with E-state index in [1.54, 1.807) is 7.11 Å². The smallest absolute Gasteiger partial charge is 0.260 e. The van der Waals surface area contributed by atoms with Crippen LogP contribution in [0.3, 0.4) is 0 Å². The van der Waals surface area contributed by atoms with E-state index in [1.165, 1.54) is 11.3 Å². The van der Waals surface area contributed by atoms with Gasteiger partial charge in [-0.15, -0.1) is 11.3 Å². The molecule has 1 aromatic carbocycles. The number of hydrogen-bond donors (Lipinski definition) is 1. The van der Waals surface area contributed by atoms with Gasteiger partial charge in [-0.1, -0.05) is 0 Å². The van der Waals surface area contributed by atoms with Crippen molar-refractivity contribution in [3.05, 3.63) is 39.0 Å². The third-order valence-corrected chi connectivity index (χ3v) is 4.88. The first kappa shape index (κ1) is 15.6. The molecule has 3 aromatic rings. The Balaban J connectivity index is 2.15. The number of aromatic nitrogens is 2. The summed E-state index contributed by atoms with van der Waals surface area (Å²) in [5, 5.41) is 0.675. The van der Waals surface area contributed by atoms with Gasteiger partial charge in [-0.2, -0.15) is 0 Å². The topological polar surface area (TPSA) is 64.2 Å². The number of hydrogen-bond acceptors (Lipinski definition) is 5. The fourth-order valence-electron chi connectivity index (χ4n) is 2.48. The van der Waals surface area contributed by atoms with E-state index in [4.69, 9.17) is 9.47 Å². The molecule has 0 saturated carbocycles. The Morgan fingerprint density at radius 3 is 2.74 bits per heavy atom. The summed E-state index contributed by atoms with van der Waals surface area (Å²) < 4.78 is 10.9. The minimum atomic E-state index is -0.111. The van der Waals surface area contributed by atoms with Crippen LogP contribution in [-0.2, 0) is 0 Å². The lowest BCUT2D eigenvalue weighted by atomic mass is 10.1. The van der Waals surface area contributed by atoms with Gasteiger partial charge in [0.15, 0.2) is 11.5 Å². The molecule has 0 aliphatic heterocycles. The third kappa shape index (κ3) is 2.70. The van der Waals surface area contributed by atoms with E-state index < -0.39 is 0 Å². The predicted molar refractivity (Wildman–Crippen MR) is 92.9 cm³/mol. The van der Waals surface area contributed by atoms with Crippen molar-refractivity contribution in [1.29, 1.82) is 0 Å². The lowest BCUT2D eigenvalue weighted by Gasteiger charge is -2.10. The molecule has 0 saturated heterocycles. The van der Waals surface area contributed by atoms with Crippen molar-refractivity contribution in [2.75, 3.05) is 13.7 Å². The summed E-state index contributed by atoms with van der Waals surface area (Å²) in [5.74, 6) is 1.82. The van der Waals surface area contributed by atoms with Gasteiger partial charge in [0.25, 0.3) is 5.56 Å². The van der Waals surface area contributed by atoms with Crippen LogP contribution >= 0.6 is 11.3 Å². The lowest BCUT2D eigenvalue weighted by Crippen LogP contribution is -2.09. The molecular formula is C17H18N2O3S. The lowest BCUT2D eigenvalue weighted by molar-refractivity contribution is 0.311. The fraction of sp³-hybridized carbons (Fsp3) is 0.294. The number of rotatable bonds is 4. The Hall–Kier alpha value is -2.34. The Labute approximate surface area is 137 Å². The molecule has 120 valence electrons. The van der Waals surface area contributed by atoms with Crippen molar-refractivity contribution >= 4 is 21.6 Å². The van der Waals surface area contributed by atoms with Gasteiger partial charge in [0.05, 0.1) is 19.1 Å². The van der Waals surface area contributed by atoms with Crippen LogP contribution in [0.2, 0.25) is 0 Å². The molecule has 2 aromatic heterocycles. The number of nitrogens with one attached hydrogen (secondary N) is 1. The molecule has 0 amide bonds. The normalized spacial score (nSPS) is 11.0. The molecule has 3 rings (SSSR count). The van der Waals surface area contributed by atoms with Crippen LogP contribution in [0.5, 0.6) is 11.5 Å². The molecule has 0 bridgehead atoms. The van der Waals surface area contributed by atoms with E-state index in [-0.39, 0.29) is 5.56 Å². The van der Waals surface area contributed by atoms with Gasteiger partial charge in [0.1, 0.15) is 10.7 Å². The maximum Gasteiger partial charge on any atom is 0.260 e. The molecule has 2 heterocycles. The first-order valence-electron chi connectivity index (χ1n) is 7.36. The minimum absolute atomic E-state index is 0.111. The predicted octanol–water partition coefficient (Wildman–Crippen LogP) is 3.68. The molecule has 0 unspecified atom stereocenters. The van der Waals surface area contributed by atoms with E-state index in [0.29, 0.717) is 29.3 Å². The van der Waals surface area contributed by atoms with E-state index in [1.807, 2.05) is 39.0 Å². The third-order valence-electron chi connectivity index (χ3n) is 3.78.